The minimum absolute atomic E-state index is 0.0648. The van der Waals surface area contributed by atoms with E-state index < -0.39 is 23.4 Å². The molecule has 2 amide bonds. The molecule has 0 aromatic rings. The topological polar surface area (TPSA) is 84.9 Å². The monoisotopic (exact) mass is 342 g/mol. The van der Waals surface area contributed by atoms with Crippen molar-refractivity contribution in [3.63, 3.8) is 0 Å². The number of nitrogens with zero attached hydrogens (tertiary/aromatic N) is 1. The van der Waals surface area contributed by atoms with E-state index in [2.05, 4.69) is 5.32 Å². The largest absolute Gasteiger partial charge is 0.444 e. The third-order valence-electron chi connectivity index (χ3n) is 3.43. The fourth-order valence-corrected chi connectivity index (χ4v) is 2.58. The van der Waals surface area contributed by atoms with Gasteiger partial charge in [-0.05, 0) is 53.9 Å². The standard InChI is InChI=1S/C17H30N2O5/c1-16(2,3)23-14(21)18-10-12-9-13(7-8-20)19(11-12)15(22)24-17(4,5)6/h8,12-13H,7,9-11H2,1-6H3,(H,18,21)/t12-,13?/m0/s1. The van der Waals surface area contributed by atoms with Crippen LogP contribution in [-0.2, 0) is 14.3 Å². The average Bonchev–Trinajstić information content (AvgIpc) is 2.76. The van der Waals surface area contributed by atoms with Crippen molar-refractivity contribution in [1.82, 2.24) is 10.2 Å². The molecule has 0 radical (unpaired) electrons. The molecule has 1 heterocycles. The Morgan fingerprint density at radius 1 is 1.12 bits per heavy atom. The number of alkyl carbamates (subject to hydrolysis) is 1. The zero-order valence-electron chi connectivity index (χ0n) is 15.5. The van der Waals surface area contributed by atoms with E-state index in [1.807, 2.05) is 0 Å². The van der Waals surface area contributed by atoms with Crippen LogP contribution < -0.4 is 5.32 Å². The molecule has 0 saturated carbocycles. The van der Waals surface area contributed by atoms with Crippen LogP contribution in [0.2, 0.25) is 0 Å². The number of likely N-dealkylation sites (tertiary alicyclic amines) is 1. The maximum Gasteiger partial charge on any atom is 0.410 e. The number of amides is 2. The molecule has 138 valence electrons. The Morgan fingerprint density at radius 3 is 2.21 bits per heavy atom. The minimum Gasteiger partial charge on any atom is -0.444 e. The number of hydrogen-bond acceptors (Lipinski definition) is 5. The number of carbonyl (C=O) groups excluding carboxylic acids is 3. The first kappa shape index (κ1) is 20.3. The van der Waals surface area contributed by atoms with Crippen LogP contribution in [0.4, 0.5) is 9.59 Å². The van der Waals surface area contributed by atoms with Crippen molar-refractivity contribution >= 4 is 18.5 Å². The molecule has 7 heteroatoms. The van der Waals surface area contributed by atoms with Crippen LogP contribution in [0.3, 0.4) is 0 Å². The lowest BCUT2D eigenvalue weighted by Crippen LogP contribution is -2.40. The highest BCUT2D eigenvalue weighted by molar-refractivity contribution is 5.70. The van der Waals surface area contributed by atoms with E-state index in [0.29, 0.717) is 19.5 Å². The van der Waals surface area contributed by atoms with Gasteiger partial charge in [-0.15, -0.1) is 0 Å². The summed E-state index contributed by atoms with van der Waals surface area (Å²) in [5.74, 6) is 0.0648. The molecule has 0 aliphatic carbocycles. The lowest BCUT2D eigenvalue weighted by atomic mass is 10.0. The second-order valence-electron chi connectivity index (χ2n) is 8.17. The smallest absolute Gasteiger partial charge is 0.410 e. The van der Waals surface area contributed by atoms with Gasteiger partial charge in [-0.25, -0.2) is 9.59 Å². The van der Waals surface area contributed by atoms with Gasteiger partial charge in [-0.1, -0.05) is 0 Å². The molecule has 1 N–H and O–H groups in total. The van der Waals surface area contributed by atoms with E-state index >= 15 is 0 Å². The molecular weight excluding hydrogens is 312 g/mol. The van der Waals surface area contributed by atoms with E-state index in [9.17, 15) is 14.4 Å². The third kappa shape index (κ3) is 7.19. The quantitative estimate of drug-likeness (QED) is 0.794. The van der Waals surface area contributed by atoms with E-state index in [1.165, 1.54) is 0 Å². The van der Waals surface area contributed by atoms with Gasteiger partial charge < -0.3 is 24.5 Å². The first-order valence-electron chi connectivity index (χ1n) is 8.31. The van der Waals surface area contributed by atoms with Gasteiger partial charge in [0.15, 0.2) is 0 Å². The molecule has 0 bridgehead atoms. The summed E-state index contributed by atoms with van der Waals surface area (Å²) >= 11 is 0. The number of ether oxygens (including phenoxy) is 2. The Hall–Kier alpha value is -1.79. The summed E-state index contributed by atoms with van der Waals surface area (Å²) in [5, 5.41) is 2.72. The SMILES string of the molecule is CC(C)(C)OC(=O)NC[C@@H]1CC(CC=O)N(C(=O)OC(C)(C)C)C1. The predicted octanol–water partition coefficient (Wildman–Crippen LogP) is 2.73. The first-order chi connectivity index (χ1) is 10.9. The highest BCUT2D eigenvalue weighted by Crippen LogP contribution is 2.26. The Labute approximate surface area is 144 Å². The molecule has 0 aromatic heterocycles. The second kappa shape index (κ2) is 7.85. The van der Waals surface area contributed by atoms with Crippen LogP contribution in [0.5, 0.6) is 0 Å². The normalized spacial score (nSPS) is 21.3. The van der Waals surface area contributed by atoms with Crippen molar-refractivity contribution in [3.05, 3.63) is 0 Å². The summed E-state index contributed by atoms with van der Waals surface area (Å²) in [6.45, 7) is 11.6. The molecule has 1 saturated heterocycles. The molecule has 1 rings (SSSR count). The van der Waals surface area contributed by atoms with Gasteiger partial charge in [0.05, 0.1) is 0 Å². The summed E-state index contributed by atoms with van der Waals surface area (Å²) in [6, 6.07) is -0.192. The molecule has 1 aliphatic heterocycles. The maximum atomic E-state index is 12.3. The molecule has 24 heavy (non-hydrogen) atoms. The average molecular weight is 342 g/mol. The van der Waals surface area contributed by atoms with Gasteiger partial charge >= 0.3 is 12.2 Å². The number of aldehydes is 1. The van der Waals surface area contributed by atoms with Gasteiger partial charge in [-0.2, -0.15) is 0 Å². The summed E-state index contributed by atoms with van der Waals surface area (Å²) in [7, 11) is 0. The van der Waals surface area contributed by atoms with Crippen molar-refractivity contribution in [2.24, 2.45) is 5.92 Å². The van der Waals surface area contributed by atoms with E-state index in [0.717, 1.165) is 6.29 Å². The van der Waals surface area contributed by atoms with Gasteiger partial charge in [0.25, 0.3) is 0 Å². The lowest BCUT2D eigenvalue weighted by molar-refractivity contribution is -0.108. The number of hydrogen-bond donors (Lipinski definition) is 1. The highest BCUT2D eigenvalue weighted by Gasteiger charge is 2.37. The molecule has 0 aromatic carbocycles. The van der Waals surface area contributed by atoms with Crippen molar-refractivity contribution in [2.75, 3.05) is 13.1 Å². The maximum absolute atomic E-state index is 12.3. The summed E-state index contributed by atoms with van der Waals surface area (Å²) in [5.41, 5.74) is -1.14. The lowest BCUT2D eigenvalue weighted by Gasteiger charge is -2.27. The molecule has 7 nitrogen and oxygen atoms in total. The van der Waals surface area contributed by atoms with Crippen LogP contribution in [-0.4, -0.2) is 53.7 Å². The van der Waals surface area contributed by atoms with Crippen molar-refractivity contribution in [2.45, 2.75) is 71.6 Å². The highest BCUT2D eigenvalue weighted by atomic mass is 16.6. The van der Waals surface area contributed by atoms with Gasteiger partial charge in [0, 0.05) is 25.6 Å². The zero-order chi connectivity index (χ0) is 18.5. The number of nitrogens with one attached hydrogen (secondary N) is 1. The van der Waals surface area contributed by atoms with Crippen molar-refractivity contribution in [3.8, 4) is 0 Å². The van der Waals surface area contributed by atoms with Gasteiger partial charge in [0.1, 0.15) is 17.5 Å². The van der Waals surface area contributed by atoms with Crippen LogP contribution >= 0.6 is 0 Å². The third-order valence-corrected chi connectivity index (χ3v) is 3.43. The fraction of sp³-hybridized carbons (Fsp3) is 0.824. The van der Waals surface area contributed by atoms with E-state index in [4.69, 9.17) is 9.47 Å². The molecular formula is C17H30N2O5. The number of carbonyl (C=O) groups is 3. The molecule has 0 spiro atoms. The Morgan fingerprint density at radius 2 is 1.71 bits per heavy atom. The first-order valence-corrected chi connectivity index (χ1v) is 8.31. The molecule has 2 atom stereocenters. The predicted molar refractivity (Wildman–Crippen MR) is 89.8 cm³/mol. The van der Waals surface area contributed by atoms with Gasteiger partial charge in [0.2, 0.25) is 0 Å². The van der Waals surface area contributed by atoms with Crippen molar-refractivity contribution < 1.29 is 23.9 Å². The summed E-state index contributed by atoms with van der Waals surface area (Å²) in [4.78, 5) is 36.5. The molecule has 1 fully saturated rings. The van der Waals surface area contributed by atoms with Crippen LogP contribution in [0.25, 0.3) is 0 Å². The Kier molecular flexibility index (Phi) is 6.63. The minimum atomic E-state index is -0.588. The molecule has 1 aliphatic rings. The van der Waals surface area contributed by atoms with Crippen molar-refractivity contribution in [1.29, 1.82) is 0 Å². The number of rotatable bonds is 4. The van der Waals surface area contributed by atoms with Crippen LogP contribution in [0.1, 0.15) is 54.4 Å². The van der Waals surface area contributed by atoms with E-state index in [-0.39, 0.29) is 18.4 Å². The Bertz CT molecular complexity index is 465. The van der Waals surface area contributed by atoms with Crippen LogP contribution in [0, 0.1) is 5.92 Å². The fourth-order valence-electron chi connectivity index (χ4n) is 2.58. The summed E-state index contributed by atoms with van der Waals surface area (Å²) in [6.07, 6.45) is 0.820. The second-order valence-corrected chi connectivity index (χ2v) is 8.17. The van der Waals surface area contributed by atoms with Crippen LogP contribution in [0.15, 0.2) is 0 Å². The van der Waals surface area contributed by atoms with E-state index in [1.54, 1.807) is 46.4 Å². The summed E-state index contributed by atoms with van der Waals surface area (Å²) < 4.78 is 10.6. The molecule has 1 unspecified atom stereocenters. The Balaban J connectivity index is 2.59. The van der Waals surface area contributed by atoms with Gasteiger partial charge in [-0.3, -0.25) is 0 Å². The zero-order valence-corrected chi connectivity index (χ0v) is 15.5.